The zero-order valence-electron chi connectivity index (χ0n) is 15.4. The molecule has 140 valence electrons. The quantitative estimate of drug-likeness (QED) is 0.819. The normalized spacial score (nSPS) is 19.9. The molecule has 0 unspecified atom stereocenters. The van der Waals surface area contributed by atoms with E-state index in [4.69, 9.17) is 9.47 Å². The molecule has 1 fully saturated rings. The van der Waals surface area contributed by atoms with Crippen molar-refractivity contribution in [3.8, 4) is 5.88 Å². The summed E-state index contributed by atoms with van der Waals surface area (Å²) >= 11 is 0. The van der Waals surface area contributed by atoms with Gasteiger partial charge >= 0.3 is 0 Å². The number of aryl methyl sites for hydroxylation is 3. The van der Waals surface area contributed by atoms with Gasteiger partial charge < -0.3 is 14.8 Å². The number of hydrogen-bond acceptors (Lipinski definition) is 5. The topological polar surface area (TPSA) is 78.3 Å². The maximum Gasteiger partial charge on any atom is 0.220 e. The standard InChI is InChI=1S/C19H26N4O3/c1-14-12-15(2)23(22-14)10-5-6-18(24)21-16-13-25-11-8-17(16)26-19-7-3-4-9-20-19/h3-4,7,9,12,16-17H,5-6,8,10-11,13H2,1-2H3,(H,21,24)/t16-,17-/m1/s1. The number of amides is 1. The van der Waals surface area contributed by atoms with Gasteiger partial charge in [0.25, 0.3) is 0 Å². The second kappa shape index (κ2) is 8.80. The number of carbonyl (C=O) groups is 1. The number of nitrogens with one attached hydrogen (secondary N) is 1. The van der Waals surface area contributed by atoms with Crippen molar-refractivity contribution in [3.63, 3.8) is 0 Å². The third-order valence-electron chi connectivity index (χ3n) is 4.43. The Morgan fingerprint density at radius 1 is 1.42 bits per heavy atom. The first kappa shape index (κ1) is 18.4. The molecule has 7 heteroatoms. The van der Waals surface area contributed by atoms with Crippen molar-refractivity contribution in [2.75, 3.05) is 13.2 Å². The number of pyridine rings is 1. The van der Waals surface area contributed by atoms with Crippen LogP contribution in [-0.4, -0.2) is 46.0 Å². The molecule has 0 saturated carbocycles. The fourth-order valence-electron chi connectivity index (χ4n) is 3.14. The summed E-state index contributed by atoms with van der Waals surface area (Å²) in [6.45, 7) is 5.82. The molecule has 3 heterocycles. The van der Waals surface area contributed by atoms with Gasteiger partial charge in [-0.25, -0.2) is 4.98 Å². The molecule has 1 amide bonds. The highest BCUT2D eigenvalue weighted by atomic mass is 16.5. The van der Waals surface area contributed by atoms with Crippen LogP contribution in [0.1, 0.15) is 30.7 Å². The summed E-state index contributed by atoms with van der Waals surface area (Å²) in [5, 5.41) is 7.47. The minimum Gasteiger partial charge on any atom is -0.472 e. The molecule has 1 N–H and O–H groups in total. The van der Waals surface area contributed by atoms with Crippen LogP contribution in [-0.2, 0) is 16.1 Å². The van der Waals surface area contributed by atoms with E-state index < -0.39 is 0 Å². The lowest BCUT2D eigenvalue weighted by Gasteiger charge is -2.32. The van der Waals surface area contributed by atoms with Crippen LogP contribution in [0.25, 0.3) is 0 Å². The Labute approximate surface area is 153 Å². The van der Waals surface area contributed by atoms with Crippen molar-refractivity contribution in [1.82, 2.24) is 20.1 Å². The van der Waals surface area contributed by atoms with E-state index in [0.717, 1.165) is 30.8 Å². The molecule has 0 aromatic carbocycles. The summed E-state index contributed by atoms with van der Waals surface area (Å²) in [5.41, 5.74) is 2.12. The molecule has 1 saturated heterocycles. The fourth-order valence-corrected chi connectivity index (χ4v) is 3.14. The van der Waals surface area contributed by atoms with Gasteiger partial charge in [0, 0.05) is 37.3 Å². The number of ether oxygens (including phenoxy) is 2. The lowest BCUT2D eigenvalue weighted by molar-refractivity contribution is -0.124. The number of nitrogens with zero attached hydrogens (tertiary/aromatic N) is 3. The smallest absolute Gasteiger partial charge is 0.220 e. The molecule has 1 aliphatic heterocycles. The molecule has 2 aromatic rings. The van der Waals surface area contributed by atoms with Crippen molar-refractivity contribution in [3.05, 3.63) is 41.9 Å². The Balaban J connectivity index is 1.47. The van der Waals surface area contributed by atoms with Gasteiger partial charge in [-0.3, -0.25) is 9.48 Å². The SMILES string of the molecule is Cc1cc(C)n(CCCC(=O)N[C@@H]2COCC[C@H]2Oc2ccccn2)n1. The molecule has 0 spiro atoms. The minimum absolute atomic E-state index is 0.0108. The van der Waals surface area contributed by atoms with E-state index >= 15 is 0 Å². The summed E-state index contributed by atoms with van der Waals surface area (Å²) in [6.07, 6.45) is 3.49. The molecule has 0 bridgehead atoms. The van der Waals surface area contributed by atoms with Crippen LogP contribution in [0.5, 0.6) is 5.88 Å². The van der Waals surface area contributed by atoms with Gasteiger partial charge in [0.05, 0.1) is 24.9 Å². The van der Waals surface area contributed by atoms with Crippen LogP contribution in [0.4, 0.5) is 0 Å². The maximum atomic E-state index is 12.3. The van der Waals surface area contributed by atoms with Crippen molar-refractivity contribution < 1.29 is 14.3 Å². The van der Waals surface area contributed by atoms with Crippen LogP contribution in [0, 0.1) is 13.8 Å². The largest absolute Gasteiger partial charge is 0.472 e. The molecule has 0 radical (unpaired) electrons. The summed E-state index contributed by atoms with van der Waals surface area (Å²) in [6, 6.07) is 7.43. The first-order valence-electron chi connectivity index (χ1n) is 9.07. The minimum atomic E-state index is -0.160. The third kappa shape index (κ3) is 5.05. The lowest BCUT2D eigenvalue weighted by atomic mass is 10.1. The van der Waals surface area contributed by atoms with Gasteiger partial charge in [-0.15, -0.1) is 0 Å². The number of aromatic nitrogens is 3. The Bertz CT molecular complexity index is 717. The number of hydrogen-bond donors (Lipinski definition) is 1. The molecule has 1 aliphatic rings. The Morgan fingerprint density at radius 2 is 2.31 bits per heavy atom. The van der Waals surface area contributed by atoms with E-state index in [1.165, 1.54) is 0 Å². The van der Waals surface area contributed by atoms with Crippen molar-refractivity contribution in [2.45, 2.75) is 51.8 Å². The molecule has 3 rings (SSSR count). The highest BCUT2D eigenvalue weighted by Crippen LogP contribution is 2.16. The zero-order chi connectivity index (χ0) is 18.4. The Kier molecular flexibility index (Phi) is 6.22. The molecular formula is C19H26N4O3. The predicted molar refractivity (Wildman–Crippen MR) is 97.0 cm³/mol. The lowest BCUT2D eigenvalue weighted by Crippen LogP contribution is -2.51. The average molecular weight is 358 g/mol. The fraction of sp³-hybridized carbons (Fsp3) is 0.526. The van der Waals surface area contributed by atoms with Crippen molar-refractivity contribution in [2.24, 2.45) is 0 Å². The van der Waals surface area contributed by atoms with Crippen LogP contribution >= 0.6 is 0 Å². The van der Waals surface area contributed by atoms with Gasteiger partial charge in [0.2, 0.25) is 11.8 Å². The van der Waals surface area contributed by atoms with E-state index in [1.54, 1.807) is 6.20 Å². The molecule has 0 aliphatic carbocycles. The van der Waals surface area contributed by atoms with E-state index in [-0.39, 0.29) is 18.1 Å². The maximum absolute atomic E-state index is 12.3. The summed E-state index contributed by atoms with van der Waals surface area (Å²) < 4.78 is 13.4. The first-order chi connectivity index (χ1) is 12.6. The van der Waals surface area contributed by atoms with Crippen molar-refractivity contribution >= 4 is 5.91 Å². The molecule has 7 nitrogen and oxygen atoms in total. The van der Waals surface area contributed by atoms with Crippen LogP contribution in [0.15, 0.2) is 30.5 Å². The van der Waals surface area contributed by atoms with Gasteiger partial charge in [-0.2, -0.15) is 5.10 Å². The van der Waals surface area contributed by atoms with Crippen LogP contribution < -0.4 is 10.1 Å². The van der Waals surface area contributed by atoms with E-state index in [1.807, 2.05) is 42.8 Å². The second-order valence-corrected chi connectivity index (χ2v) is 6.62. The van der Waals surface area contributed by atoms with Gasteiger partial charge in [0.1, 0.15) is 6.10 Å². The average Bonchev–Trinajstić information content (AvgIpc) is 2.95. The van der Waals surface area contributed by atoms with Crippen molar-refractivity contribution in [1.29, 1.82) is 0 Å². The highest BCUT2D eigenvalue weighted by molar-refractivity contribution is 5.76. The van der Waals surface area contributed by atoms with E-state index in [0.29, 0.717) is 25.5 Å². The monoisotopic (exact) mass is 358 g/mol. The van der Waals surface area contributed by atoms with E-state index in [9.17, 15) is 4.79 Å². The van der Waals surface area contributed by atoms with Crippen LogP contribution in [0.3, 0.4) is 0 Å². The number of carbonyl (C=O) groups excluding carboxylic acids is 1. The molecule has 2 atom stereocenters. The second-order valence-electron chi connectivity index (χ2n) is 6.62. The molecular weight excluding hydrogens is 332 g/mol. The van der Waals surface area contributed by atoms with Gasteiger partial charge in [-0.05, 0) is 32.4 Å². The number of rotatable bonds is 7. The van der Waals surface area contributed by atoms with Gasteiger partial charge in [0.15, 0.2) is 0 Å². The molecule has 26 heavy (non-hydrogen) atoms. The Morgan fingerprint density at radius 3 is 3.04 bits per heavy atom. The van der Waals surface area contributed by atoms with Gasteiger partial charge in [-0.1, -0.05) is 6.07 Å². The highest BCUT2D eigenvalue weighted by Gasteiger charge is 2.29. The summed E-state index contributed by atoms with van der Waals surface area (Å²) in [5.74, 6) is 0.583. The summed E-state index contributed by atoms with van der Waals surface area (Å²) in [7, 11) is 0. The first-order valence-corrected chi connectivity index (χ1v) is 9.07. The van der Waals surface area contributed by atoms with E-state index in [2.05, 4.69) is 15.4 Å². The molecule has 2 aromatic heterocycles. The third-order valence-corrected chi connectivity index (χ3v) is 4.43. The Hall–Kier alpha value is -2.41. The van der Waals surface area contributed by atoms with Crippen LogP contribution in [0.2, 0.25) is 0 Å². The zero-order valence-corrected chi connectivity index (χ0v) is 15.4. The summed E-state index contributed by atoms with van der Waals surface area (Å²) in [4.78, 5) is 16.5. The predicted octanol–water partition coefficient (Wildman–Crippen LogP) is 2.03.